The number of para-hydroxylation sites is 2. The van der Waals surface area contributed by atoms with Crippen molar-refractivity contribution in [2.75, 3.05) is 0 Å². The molecule has 2 aromatic carbocycles. The van der Waals surface area contributed by atoms with Gasteiger partial charge in [0.25, 0.3) is 11.4 Å². The first-order valence-corrected chi connectivity index (χ1v) is 13.0. The predicted molar refractivity (Wildman–Crippen MR) is 163 cm³/mol. The molecule has 5 heterocycles. The highest BCUT2D eigenvalue weighted by atomic mass is 16.6. The summed E-state index contributed by atoms with van der Waals surface area (Å²) in [5.41, 5.74) is 7.25. The van der Waals surface area contributed by atoms with Crippen LogP contribution >= 0.6 is 0 Å². The van der Waals surface area contributed by atoms with Gasteiger partial charge >= 0.3 is 0 Å². The number of nitrogens with one attached hydrogen (secondary N) is 2. The Bertz CT molecular complexity index is 2080. The first kappa shape index (κ1) is 24.9. The SMILES string of the molecule is O=[N+]([O-])c1ccccc1-c1c2nc(cc3ccc([nH]3)c(-c3ccccc3[N+](=O)[O-])c3ccc(cc4nc1C=C4)[nH]3)C=C2. The van der Waals surface area contributed by atoms with Crippen molar-refractivity contribution in [2.45, 2.75) is 0 Å². The molecule has 0 spiro atoms. The molecule has 0 unspecified atom stereocenters. The van der Waals surface area contributed by atoms with Crippen LogP contribution in [0.2, 0.25) is 0 Å². The number of aromatic nitrogens is 4. The molecule has 2 aliphatic rings. The van der Waals surface area contributed by atoms with Gasteiger partial charge in [-0.1, -0.05) is 24.3 Å². The van der Waals surface area contributed by atoms with E-state index in [1.54, 1.807) is 36.4 Å². The molecule has 0 radical (unpaired) electrons. The van der Waals surface area contributed by atoms with E-state index >= 15 is 0 Å². The highest BCUT2D eigenvalue weighted by Crippen LogP contribution is 2.37. The largest absolute Gasteiger partial charge is 0.355 e. The summed E-state index contributed by atoms with van der Waals surface area (Å²) in [5, 5.41) is 23.9. The molecule has 3 aromatic heterocycles. The van der Waals surface area contributed by atoms with Gasteiger partial charge in [-0.25, -0.2) is 9.97 Å². The lowest BCUT2D eigenvalue weighted by Gasteiger charge is -2.05. The van der Waals surface area contributed by atoms with Gasteiger partial charge in [-0.2, -0.15) is 0 Å². The molecule has 8 bridgehead atoms. The van der Waals surface area contributed by atoms with E-state index in [2.05, 4.69) is 9.97 Å². The van der Waals surface area contributed by atoms with Gasteiger partial charge in [0.15, 0.2) is 0 Å². The van der Waals surface area contributed by atoms with E-state index in [0.29, 0.717) is 56.1 Å². The Morgan fingerprint density at radius 3 is 1.48 bits per heavy atom. The third-order valence-electron chi connectivity index (χ3n) is 7.14. The third kappa shape index (κ3) is 4.33. The Hall–Kier alpha value is -6.16. The molecule has 42 heavy (non-hydrogen) atoms. The fourth-order valence-corrected chi connectivity index (χ4v) is 5.33. The van der Waals surface area contributed by atoms with E-state index < -0.39 is 4.92 Å². The Morgan fingerprint density at radius 2 is 1.00 bits per heavy atom. The molecule has 0 aliphatic carbocycles. The molecule has 5 aromatic rings. The van der Waals surface area contributed by atoms with Crippen molar-refractivity contribution >= 4 is 57.7 Å². The van der Waals surface area contributed by atoms with Crippen molar-refractivity contribution in [3.05, 3.63) is 128 Å². The lowest BCUT2D eigenvalue weighted by Crippen LogP contribution is -1.95. The van der Waals surface area contributed by atoms with Crippen LogP contribution in [-0.2, 0) is 0 Å². The van der Waals surface area contributed by atoms with Crippen molar-refractivity contribution < 1.29 is 9.85 Å². The van der Waals surface area contributed by atoms with Crippen LogP contribution in [0.5, 0.6) is 0 Å². The molecule has 7 rings (SSSR count). The van der Waals surface area contributed by atoms with Crippen LogP contribution < -0.4 is 0 Å². The van der Waals surface area contributed by atoms with Crippen LogP contribution in [0.15, 0.2) is 84.9 Å². The maximum atomic E-state index is 12.0. The molecule has 0 fully saturated rings. The second-order valence-electron chi connectivity index (χ2n) is 9.75. The standard InChI is InChI=1S/C32H20N6O4/c39-37(40)29-7-3-1-5-23(29)31-25-13-9-19(33-25)17-21-11-15-27(35-21)32(24-6-2-4-8-30(24)38(41)42)28-16-12-22(36-28)18-20-10-14-26(31)34-20/h1-18,33-34H. The first-order valence-electron chi connectivity index (χ1n) is 13.0. The van der Waals surface area contributed by atoms with E-state index in [1.165, 1.54) is 12.1 Å². The van der Waals surface area contributed by atoms with E-state index in [4.69, 9.17) is 9.97 Å². The predicted octanol–water partition coefficient (Wildman–Crippen LogP) is 7.81. The second kappa shape index (κ2) is 9.79. The van der Waals surface area contributed by atoms with Gasteiger partial charge < -0.3 is 9.97 Å². The molecular weight excluding hydrogens is 532 g/mol. The zero-order chi connectivity index (χ0) is 28.8. The van der Waals surface area contributed by atoms with E-state index in [1.807, 2.05) is 60.7 Å². The number of fused-ring (bicyclic) bond motifs is 8. The number of nitro groups is 2. The van der Waals surface area contributed by atoms with Crippen LogP contribution in [0.3, 0.4) is 0 Å². The van der Waals surface area contributed by atoms with Gasteiger partial charge in [0.05, 0.1) is 43.7 Å². The third-order valence-corrected chi connectivity index (χ3v) is 7.14. The topological polar surface area (TPSA) is 144 Å². The van der Waals surface area contributed by atoms with Crippen LogP contribution in [0.4, 0.5) is 11.4 Å². The minimum atomic E-state index is -0.403. The summed E-state index contributed by atoms with van der Waals surface area (Å²) in [6.07, 6.45) is 7.31. The fourth-order valence-electron chi connectivity index (χ4n) is 5.33. The van der Waals surface area contributed by atoms with Crippen LogP contribution in [0, 0.1) is 20.2 Å². The maximum Gasteiger partial charge on any atom is 0.277 e. The first-order chi connectivity index (χ1) is 20.4. The van der Waals surface area contributed by atoms with Crippen molar-refractivity contribution in [2.24, 2.45) is 0 Å². The highest BCUT2D eigenvalue weighted by Gasteiger charge is 2.22. The number of hydrogen-bond donors (Lipinski definition) is 2. The number of benzene rings is 2. The van der Waals surface area contributed by atoms with Gasteiger partial charge in [-0.05, 0) is 72.8 Å². The summed E-state index contributed by atoms with van der Waals surface area (Å²) in [6.45, 7) is 0. The summed E-state index contributed by atoms with van der Waals surface area (Å²) in [4.78, 5) is 39.5. The normalized spacial score (nSPS) is 12.0. The average molecular weight is 553 g/mol. The minimum absolute atomic E-state index is 0.00933. The summed E-state index contributed by atoms with van der Waals surface area (Å²) in [6, 6.07) is 24.4. The summed E-state index contributed by atoms with van der Waals surface area (Å²) >= 11 is 0. The van der Waals surface area contributed by atoms with Crippen molar-refractivity contribution in [3.63, 3.8) is 0 Å². The Kier molecular flexibility index (Phi) is 5.79. The summed E-state index contributed by atoms with van der Waals surface area (Å²) in [7, 11) is 0. The Balaban J connectivity index is 1.58. The minimum Gasteiger partial charge on any atom is -0.355 e. The number of aromatic amines is 2. The van der Waals surface area contributed by atoms with Crippen LogP contribution in [-0.4, -0.2) is 29.8 Å². The lowest BCUT2D eigenvalue weighted by atomic mass is 10.0. The smallest absolute Gasteiger partial charge is 0.277 e. The molecule has 2 N–H and O–H groups in total. The number of rotatable bonds is 4. The quantitative estimate of drug-likeness (QED) is 0.168. The Labute approximate surface area is 237 Å². The van der Waals surface area contributed by atoms with E-state index in [0.717, 1.165) is 11.0 Å². The number of nitro benzene ring substituents is 2. The summed E-state index contributed by atoms with van der Waals surface area (Å²) in [5.74, 6) is 0. The molecule has 10 heteroatoms. The molecule has 2 aliphatic heterocycles. The van der Waals surface area contributed by atoms with Crippen molar-refractivity contribution in [1.29, 1.82) is 0 Å². The molecule has 0 saturated heterocycles. The maximum absolute atomic E-state index is 12.0. The van der Waals surface area contributed by atoms with E-state index in [-0.39, 0.29) is 16.3 Å². The zero-order valence-electron chi connectivity index (χ0n) is 21.8. The summed E-state index contributed by atoms with van der Waals surface area (Å²) < 4.78 is 0. The lowest BCUT2D eigenvalue weighted by molar-refractivity contribution is -0.384. The van der Waals surface area contributed by atoms with Crippen molar-refractivity contribution in [1.82, 2.24) is 19.9 Å². The van der Waals surface area contributed by atoms with Gasteiger partial charge in [0, 0.05) is 45.3 Å². The molecular formula is C32H20N6O4. The second-order valence-corrected chi connectivity index (χ2v) is 9.75. The zero-order valence-corrected chi connectivity index (χ0v) is 21.8. The van der Waals surface area contributed by atoms with E-state index in [9.17, 15) is 20.2 Å². The fraction of sp³-hybridized carbons (Fsp3) is 0. The van der Waals surface area contributed by atoms with Gasteiger partial charge in [-0.15, -0.1) is 0 Å². The number of H-pyrrole nitrogens is 2. The molecule has 0 amide bonds. The number of nitrogens with zero attached hydrogens (tertiary/aromatic N) is 4. The molecule has 10 nitrogen and oxygen atoms in total. The van der Waals surface area contributed by atoms with Gasteiger partial charge in [0.2, 0.25) is 0 Å². The van der Waals surface area contributed by atoms with Crippen molar-refractivity contribution in [3.8, 4) is 22.3 Å². The number of hydrogen-bond acceptors (Lipinski definition) is 6. The van der Waals surface area contributed by atoms with Gasteiger partial charge in [-0.3, -0.25) is 20.2 Å². The molecule has 202 valence electrons. The molecule has 0 saturated carbocycles. The monoisotopic (exact) mass is 552 g/mol. The average Bonchev–Trinajstić information content (AvgIpc) is 3.80. The van der Waals surface area contributed by atoms with Crippen LogP contribution in [0.1, 0.15) is 22.8 Å². The van der Waals surface area contributed by atoms with Gasteiger partial charge in [0.1, 0.15) is 0 Å². The van der Waals surface area contributed by atoms with Crippen LogP contribution in [0.25, 0.3) is 68.6 Å². The molecule has 0 atom stereocenters. The Morgan fingerprint density at radius 1 is 0.548 bits per heavy atom. The highest BCUT2D eigenvalue weighted by molar-refractivity contribution is 5.97.